The number of hydrogen-bond acceptors (Lipinski definition) is 3. The third-order valence-electron chi connectivity index (χ3n) is 4.41. The van der Waals surface area contributed by atoms with Crippen LogP contribution in [-0.4, -0.2) is 12.5 Å². The molecule has 3 aromatic carbocycles. The molecule has 4 nitrogen and oxygen atoms in total. The van der Waals surface area contributed by atoms with Crippen molar-refractivity contribution < 1.29 is 9.53 Å². The van der Waals surface area contributed by atoms with Crippen LogP contribution in [0.15, 0.2) is 90.5 Å². The van der Waals surface area contributed by atoms with Gasteiger partial charge in [0.25, 0.3) is 5.91 Å². The zero-order valence-electron chi connectivity index (χ0n) is 16.2. The normalized spacial score (nSPS) is 11.0. The molecule has 0 atom stereocenters. The van der Waals surface area contributed by atoms with Crippen LogP contribution < -0.4 is 10.1 Å². The minimum atomic E-state index is -0.418. The Balaban J connectivity index is 1.85. The van der Waals surface area contributed by atoms with Crippen molar-refractivity contribution in [3.05, 3.63) is 107 Å². The van der Waals surface area contributed by atoms with Crippen molar-refractivity contribution in [3.8, 4) is 11.8 Å². The lowest BCUT2D eigenvalue weighted by molar-refractivity contribution is -0.117. The van der Waals surface area contributed by atoms with E-state index in [1.165, 1.54) is 0 Å². The fourth-order valence-corrected chi connectivity index (χ4v) is 3.00. The predicted octanol–water partition coefficient (Wildman–Crippen LogP) is 4.90. The molecule has 1 N–H and O–H groups in total. The maximum absolute atomic E-state index is 12.9. The van der Waals surface area contributed by atoms with Crippen LogP contribution in [0.1, 0.15) is 29.7 Å². The molecule has 0 bridgehead atoms. The van der Waals surface area contributed by atoms with Crippen molar-refractivity contribution in [2.45, 2.75) is 13.0 Å². The van der Waals surface area contributed by atoms with E-state index < -0.39 is 5.91 Å². The Morgan fingerprint density at radius 3 is 2.00 bits per heavy atom. The maximum Gasteiger partial charge on any atom is 0.262 e. The summed E-state index contributed by atoms with van der Waals surface area (Å²) >= 11 is 0. The molecule has 0 radical (unpaired) electrons. The van der Waals surface area contributed by atoms with E-state index in [9.17, 15) is 10.1 Å². The van der Waals surface area contributed by atoms with E-state index in [1.807, 2.05) is 97.9 Å². The van der Waals surface area contributed by atoms with Gasteiger partial charge in [-0.1, -0.05) is 72.8 Å². The van der Waals surface area contributed by atoms with Gasteiger partial charge in [0, 0.05) is 0 Å². The molecule has 0 aliphatic heterocycles. The van der Waals surface area contributed by atoms with Crippen molar-refractivity contribution in [1.29, 1.82) is 5.26 Å². The molecule has 0 saturated heterocycles. The average Bonchev–Trinajstić information content (AvgIpc) is 2.78. The Labute approximate surface area is 171 Å². The highest BCUT2D eigenvalue weighted by Crippen LogP contribution is 2.22. The molecule has 0 unspecified atom stereocenters. The van der Waals surface area contributed by atoms with Gasteiger partial charge in [-0.2, -0.15) is 5.26 Å². The Morgan fingerprint density at radius 2 is 1.52 bits per heavy atom. The second-order valence-electron chi connectivity index (χ2n) is 6.40. The number of benzene rings is 3. The van der Waals surface area contributed by atoms with E-state index >= 15 is 0 Å². The van der Waals surface area contributed by atoms with Crippen molar-refractivity contribution in [2.24, 2.45) is 0 Å². The zero-order chi connectivity index (χ0) is 20.5. The second kappa shape index (κ2) is 9.91. The number of nitrogens with one attached hydrogen (secondary N) is 1. The van der Waals surface area contributed by atoms with Crippen LogP contribution in [0, 0.1) is 11.3 Å². The Bertz CT molecular complexity index is 965. The zero-order valence-corrected chi connectivity index (χ0v) is 16.2. The van der Waals surface area contributed by atoms with Crippen molar-refractivity contribution in [3.63, 3.8) is 0 Å². The van der Waals surface area contributed by atoms with Crippen LogP contribution in [-0.2, 0) is 4.79 Å². The lowest BCUT2D eigenvalue weighted by Gasteiger charge is -2.19. The Hall–Kier alpha value is -3.84. The number of nitrogens with zero attached hydrogens (tertiary/aromatic N) is 1. The minimum absolute atomic E-state index is 0.0472. The highest BCUT2D eigenvalue weighted by atomic mass is 16.5. The van der Waals surface area contributed by atoms with Gasteiger partial charge in [-0.3, -0.25) is 4.79 Å². The number of hydrogen-bond donors (Lipinski definition) is 1. The van der Waals surface area contributed by atoms with Gasteiger partial charge in [0.2, 0.25) is 0 Å². The van der Waals surface area contributed by atoms with Gasteiger partial charge in [-0.05, 0) is 41.8 Å². The molecule has 4 heteroatoms. The molecule has 3 aromatic rings. The second-order valence-corrected chi connectivity index (χ2v) is 6.40. The summed E-state index contributed by atoms with van der Waals surface area (Å²) in [5.74, 6) is 0.333. The van der Waals surface area contributed by atoms with E-state index in [0.29, 0.717) is 6.61 Å². The number of carbonyl (C=O) groups is 1. The summed E-state index contributed by atoms with van der Waals surface area (Å²) in [4.78, 5) is 12.9. The highest BCUT2D eigenvalue weighted by Gasteiger charge is 2.19. The van der Waals surface area contributed by atoms with Crippen LogP contribution in [0.3, 0.4) is 0 Å². The van der Waals surface area contributed by atoms with E-state index in [-0.39, 0.29) is 11.6 Å². The predicted molar refractivity (Wildman–Crippen MR) is 114 cm³/mol. The first-order valence-electron chi connectivity index (χ1n) is 9.46. The van der Waals surface area contributed by atoms with Crippen molar-refractivity contribution in [2.75, 3.05) is 6.61 Å². The standard InChI is InChI=1S/C25H22N2O2/c1-2-29-23-15-13-19(14-16-23)17-22(18-26)25(28)27-24(20-9-5-3-6-10-20)21-11-7-4-8-12-21/h3-17,24H,2H2,1H3,(H,27,28)/b22-17+. The summed E-state index contributed by atoms with van der Waals surface area (Å²) in [6.07, 6.45) is 1.58. The molecule has 144 valence electrons. The third kappa shape index (κ3) is 5.33. The first kappa shape index (κ1) is 19.9. The number of rotatable bonds is 7. The van der Waals surface area contributed by atoms with Crippen LogP contribution in [0.4, 0.5) is 0 Å². The average molecular weight is 382 g/mol. The summed E-state index contributed by atoms with van der Waals surface area (Å²) in [5, 5.41) is 12.5. The lowest BCUT2D eigenvalue weighted by atomic mass is 9.98. The van der Waals surface area contributed by atoms with Gasteiger partial charge in [-0.15, -0.1) is 0 Å². The fourth-order valence-electron chi connectivity index (χ4n) is 3.00. The Kier molecular flexibility index (Phi) is 6.80. The summed E-state index contributed by atoms with van der Waals surface area (Å²) in [7, 11) is 0. The van der Waals surface area contributed by atoms with Crippen molar-refractivity contribution >= 4 is 12.0 Å². The topological polar surface area (TPSA) is 62.1 Å². The number of carbonyl (C=O) groups excluding carboxylic acids is 1. The van der Waals surface area contributed by atoms with E-state index in [1.54, 1.807) is 6.08 Å². The van der Waals surface area contributed by atoms with Gasteiger partial charge in [-0.25, -0.2) is 0 Å². The van der Waals surface area contributed by atoms with Gasteiger partial charge < -0.3 is 10.1 Å². The van der Waals surface area contributed by atoms with Gasteiger partial charge in [0.05, 0.1) is 12.6 Å². The lowest BCUT2D eigenvalue weighted by Crippen LogP contribution is -2.30. The molecule has 0 heterocycles. The quantitative estimate of drug-likeness (QED) is 0.467. The first-order chi connectivity index (χ1) is 14.2. The molecule has 0 fully saturated rings. The Morgan fingerprint density at radius 1 is 0.966 bits per heavy atom. The van der Waals surface area contributed by atoms with Gasteiger partial charge in [0.15, 0.2) is 0 Å². The summed E-state index contributed by atoms with van der Waals surface area (Å²) in [5.41, 5.74) is 2.71. The molecule has 0 aromatic heterocycles. The van der Waals surface area contributed by atoms with Crippen molar-refractivity contribution in [1.82, 2.24) is 5.32 Å². The van der Waals surface area contributed by atoms with E-state index in [2.05, 4.69) is 5.32 Å². The van der Waals surface area contributed by atoms with E-state index in [4.69, 9.17) is 4.74 Å². The molecule has 0 spiro atoms. The first-order valence-corrected chi connectivity index (χ1v) is 9.46. The van der Waals surface area contributed by atoms with E-state index in [0.717, 1.165) is 22.4 Å². The number of ether oxygens (including phenoxy) is 1. The molecule has 29 heavy (non-hydrogen) atoms. The summed E-state index contributed by atoms with van der Waals surface area (Å²) < 4.78 is 5.43. The molecule has 0 aliphatic carbocycles. The van der Waals surface area contributed by atoms with Gasteiger partial charge in [0.1, 0.15) is 17.4 Å². The summed E-state index contributed by atoms with van der Waals surface area (Å²) in [6.45, 7) is 2.50. The summed E-state index contributed by atoms with van der Waals surface area (Å²) in [6, 6.07) is 28.4. The SMILES string of the molecule is CCOc1ccc(/C=C(\C#N)C(=O)NC(c2ccccc2)c2ccccc2)cc1. The van der Waals surface area contributed by atoms with Crippen LogP contribution >= 0.6 is 0 Å². The monoisotopic (exact) mass is 382 g/mol. The molecule has 3 rings (SSSR count). The minimum Gasteiger partial charge on any atom is -0.494 e. The fraction of sp³-hybridized carbons (Fsp3) is 0.120. The molecule has 0 aliphatic rings. The van der Waals surface area contributed by atoms with Crippen LogP contribution in [0.5, 0.6) is 5.75 Å². The highest BCUT2D eigenvalue weighted by molar-refractivity contribution is 6.02. The van der Waals surface area contributed by atoms with Crippen LogP contribution in [0.2, 0.25) is 0 Å². The molecule has 1 amide bonds. The van der Waals surface area contributed by atoms with Gasteiger partial charge >= 0.3 is 0 Å². The molecular weight excluding hydrogens is 360 g/mol. The molecular formula is C25H22N2O2. The van der Waals surface area contributed by atoms with Crippen LogP contribution in [0.25, 0.3) is 6.08 Å². The number of amides is 1. The smallest absolute Gasteiger partial charge is 0.262 e. The maximum atomic E-state index is 12.9. The number of nitriles is 1. The largest absolute Gasteiger partial charge is 0.494 e. The molecule has 0 saturated carbocycles. The third-order valence-corrected chi connectivity index (χ3v) is 4.41.